The molecule has 0 spiro atoms. The zero-order valence-corrected chi connectivity index (χ0v) is 12.1. The summed E-state index contributed by atoms with van der Waals surface area (Å²) in [5.41, 5.74) is 0.409. The van der Waals surface area contributed by atoms with Crippen molar-refractivity contribution in [3.05, 3.63) is 29.0 Å². The minimum absolute atomic E-state index is 0.0289. The number of carboxylic acid groups (broad SMARTS) is 1. The molecule has 1 heterocycles. The number of nitrogens with one attached hydrogen (secondary N) is 1. The molecule has 1 fully saturated rings. The van der Waals surface area contributed by atoms with Gasteiger partial charge >= 0.3 is 12.0 Å². The average molecular weight is 315 g/mol. The van der Waals surface area contributed by atoms with Crippen LogP contribution >= 0.6 is 11.6 Å². The number of benzene rings is 1. The summed E-state index contributed by atoms with van der Waals surface area (Å²) in [7, 11) is 0. The minimum atomic E-state index is -0.854. The van der Waals surface area contributed by atoms with Crippen LogP contribution in [0.25, 0.3) is 0 Å². The number of halogens is 2. The molecule has 0 saturated carbocycles. The molecule has 1 atom stereocenters. The van der Waals surface area contributed by atoms with Crippen LogP contribution in [0.3, 0.4) is 0 Å². The van der Waals surface area contributed by atoms with Crippen molar-refractivity contribution in [2.75, 3.05) is 18.4 Å². The van der Waals surface area contributed by atoms with Gasteiger partial charge in [-0.15, -0.1) is 0 Å². The van der Waals surface area contributed by atoms with Gasteiger partial charge in [0.1, 0.15) is 5.82 Å². The van der Waals surface area contributed by atoms with Gasteiger partial charge in [0.25, 0.3) is 0 Å². The van der Waals surface area contributed by atoms with Gasteiger partial charge in [-0.2, -0.15) is 0 Å². The Bertz CT molecular complexity index is 553. The normalized spacial score (nSPS) is 18.4. The summed E-state index contributed by atoms with van der Waals surface area (Å²) >= 11 is 5.66. The fraction of sp³-hybridized carbons (Fsp3) is 0.429. The van der Waals surface area contributed by atoms with Crippen LogP contribution < -0.4 is 5.32 Å². The lowest BCUT2D eigenvalue weighted by molar-refractivity contribution is -0.138. The molecule has 0 bridgehead atoms. The maximum Gasteiger partial charge on any atom is 0.321 e. The zero-order chi connectivity index (χ0) is 15.4. The van der Waals surface area contributed by atoms with Crippen molar-refractivity contribution in [1.82, 2.24) is 4.90 Å². The molecule has 0 radical (unpaired) electrons. The fourth-order valence-electron chi connectivity index (χ4n) is 2.44. The number of amides is 2. The largest absolute Gasteiger partial charge is 0.481 e. The standard InChI is InChI=1S/C14H16ClFN2O3/c15-11-7-10(3-4-12(11)16)17-14(21)18-5-1-2-9(8-18)6-13(19)20/h3-4,7,9H,1-2,5-6,8H2,(H,17,21)(H,19,20). The van der Waals surface area contributed by atoms with Crippen LogP contribution in [-0.2, 0) is 4.79 Å². The van der Waals surface area contributed by atoms with E-state index in [0.717, 1.165) is 12.8 Å². The van der Waals surface area contributed by atoms with Crippen molar-refractivity contribution < 1.29 is 19.1 Å². The number of carbonyl (C=O) groups is 2. The Morgan fingerprint density at radius 3 is 2.90 bits per heavy atom. The van der Waals surface area contributed by atoms with Gasteiger partial charge in [-0.05, 0) is 37.0 Å². The predicted molar refractivity (Wildman–Crippen MR) is 77.0 cm³/mol. The summed E-state index contributed by atoms with van der Waals surface area (Å²) in [4.78, 5) is 24.4. The van der Waals surface area contributed by atoms with E-state index in [0.29, 0.717) is 18.8 Å². The molecule has 0 aromatic heterocycles. The number of hydrogen-bond acceptors (Lipinski definition) is 2. The lowest BCUT2D eigenvalue weighted by Gasteiger charge is -2.32. The maximum absolute atomic E-state index is 13.1. The zero-order valence-electron chi connectivity index (χ0n) is 11.3. The number of hydrogen-bond donors (Lipinski definition) is 2. The molecular weight excluding hydrogens is 299 g/mol. The summed E-state index contributed by atoms with van der Waals surface area (Å²) in [5.74, 6) is -1.43. The van der Waals surface area contributed by atoms with Crippen molar-refractivity contribution in [3.63, 3.8) is 0 Å². The van der Waals surface area contributed by atoms with Crippen LogP contribution in [0.2, 0.25) is 5.02 Å². The van der Waals surface area contributed by atoms with E-state index in [1.807, 2.05) is 0 Å². The second-order valence-electron chi connectivity index (χ2n) is 5.11. The molecule has 1 aliphatic rings. The molecule has 1 unspecified atom stereocenters. The van der Waals surface area contributed by atoms with Gasteiger partial charge in [0.05, 0.1) is 5.02 Å². The topological polar surface area (TPSA) is 69.6 Å². The monoisotopic (exact) mass is 314 g/mol. The molecular formula is C14H16ClFN2O3. The predicted octanol–water partition coefficient (Wildman–Crippen LogP) is 3.20. The van der Waals surface area contributed by atoms with Crippen molar-refractivity contribution in [1.29, 1.82) is 0 Å². The highest BCUT2D eigenvalue weighted by Crippen LogP contribution is 2.22. The third-order valence-corrected chi connectivity index (χ3v) is 3.73. The van der Waals surface area contributed by atoms with Crippen LogP contribution in [0.15, 0.2) is 18.2 Å². The van der Waals surface area contributed by atoms with Gasteiger partial charge in [0.2, 0.25) is 0 Å². The number of carboxylic acids is 1. The number of urea groups is 1. The third kappa shape index (κ3) is 4.32. The quantitative estimate of drug-likeness (QED) is 0.900. The van der Waals surface area contributed by atoms with E-state index < -0.39 is 11.8 Å². The Kier molecular flexibility index (Phi) is 5.01. The SMILES string of the molecule is O=C(O)CC1CCCN(C(=O)Nc2ccc(F)c(Cl)c2)C1. The first-order valence-corrected chi connectivity index (χ1v) is 7.06. The number of rotatable bonds is 3. The molecule has 2 rings (SSSR count). The minimum Gasteiger partial charge on any atom is -0.481 e. The summed E-state index contributed by atoms with van der Waals surface area (Å²) in [6.07, 6.45) is 1.64. The molecule has 1 aliphatic heterocycles. The molecule has 2 amide bonds. The molecule has 1 saturated heterocycles. The maximum atomic E-state index is 13.1. The van der Waals surface area contributed by atoms with Gasteiger partial charge < -0.3 is 15.3 Å². The molecule has 1 aromatic carbocycles. The highest BCUT2D eigenvalue weighted by Gasteiger charge is 2.25. The number of likely N-dealkylation sites (tertiary alicyclic amines) is 1. The van der Waals surface area contributed by atoms with E-state index in [4.69, 9.17) is 16.7 Å². The number of piperidine rings is 1. The molecule has 114 valence electrons. The van der Waals surface area contributed by atoms with Crippen molar-refractivity contribution in [2.24, 2.45) is 5.92 Å². The number of carbonyl (C=O) groups excluding carboxylic acids is 1. The lowest BCUT2D eigenvalue weighted by Crippen LogP contribution is -2.42. The van der Waals surface area contributed by atoms with Crippen LogP contribution in [0.5, 0.6) is 0 Å². The first-order chi connectivity index (χ1) is 9.95. The Balaban J connectivity index is 1.96. The average Bonchev–Trinajstić information content (AvgIpc) is 2.42. The van der Waals surface area contributed by atoms with Gasteiger partial charge in [0.15, 0.2) is 0 Å². The van der Waals surface area contributed by atoms with Crippen LogP contribution in [-0.4, -0.2) is 35.1 Å². The second-order valence-corrected chi connectivity index (χ2v) is 5.52. The van der Waals surface area contributed by atoms with Crippen molar-refractivity contribution >= 4 is 29.3 Å². The van der Waals surface area contributed by atoms with E-state index in [1.165, 1.54) is 18.2 Å². The van der Waals surface area contributed by atoms with E-state index in [-0.39, 0.29) is 23.4 Å². The van der Waals surface area contributed by atoms with E-state index in [9.17, 15) is 14.0 Å². The van der Waals surface area contributed by atoms with Gasteiger partial charge in [-0.3, -0.25) is 4.79 Å². The molecule has 2 N–H and O–H groups in total. The first kappa shape index (κ1) is 15.6. The van der Waals surface area contributed by atoms with E-state index in [2.05, 4.69) is 5.32 Å². The van der Waals surface area contributed by atoms with Crippen LogP contribution in [0.1, 0.15) is 19.3 Å². The summed E-state index contributed by atoms with van der Waals surface area (Å²) in [6.45, 7) is 0.990. The highest BCUT2D eigenvalue weighted by atomic mass is 35.5. The van der Waals surface area contributed by atoms with Gasteiger partial charge in [0, 0.05) is 25.2 Å². The second kappa shape index (κ2) is 6.76. The van der Waals surface area contributed by atoms with Crippen molar-refractivity contribution in [2.45, 2.75) is 19.3 Å². The molecule has 1 aromatic rings. The molecule has 21 heavy (non-hydrogen) atoms. The first-order valence-electron chi connectivity index (χ1n) is 6.68. The Morgan fingerprint density at radius 1 is 1.48 bits per heavy atom. The lowest BCUT2D eigenvalue weighted by atomic mass is 9.95. The van der Waals surface area contributed by atoms with E-state index in [1.54, 1.807) is 4.90 Å². The van der Waals surface area contributed by atoms with Crippen molar-refractivity contribution in [3.8, 4) is 0 Å². The highest BCUT2D eigenvalue weighted by molar-refractivity contribution is 6.31. The van der Waals surface area contributed by atoms with E-state index >= 15 is 0 Å². The van der Waals surface area contributed by atoms with Crippen LogP contribution in [0, 0.1) is 11.7 Å². The molecule has 0 aliphatic carbocycles. The molecule has 5 nitrogen and oxygen atoms in total. The number of aliphatic carboxylic acids is 1. The number of nitrogens with zero attached hydrogens (tertiary/aromatic N) is 1. The van der Waals surface area contributed by atoms with Gasteiger partial charge in [-0.1, -0.05) is 11.6 Å². The molecule has 7 heteroatoms. The van der Waals surface area contributed by atoms with Gasteiger partial charge in [-0.25, -0.2) is 9.18 Å². The Hall–Kier alpha value is -1.82. The smallest absolute Gasteiger partial charge is 0.321 e. The Morgan fingerprint density at radius 2 is 2.24 bits per heavy atom. The summed E-state index contributed by atoms with van der Waals surface area (Å²) in [5, 5.41) is 11.4. The fourth-order valence-corrected chi connectivity index (χ4v) is 2.62. The third-order valence-electron chi connectivity index (χ3n) is 3.44. The Labute approximate surface area is 126 Å². The number of anilines is 1. The van der Waals surface area contributed by atoms with Crippen LogP contribution in [0.4, 0.5) is 14.9 Å². The summed E-state index contributed by atoms with van der Waals surface area (Å²) < 4.78 is 13.1. The summed E-state index contributed by atoms with van der Waals surface area (Å²) in [6, 6.07) is 3.62.